The zero-order valence-electron chi connectivity index (χ0n) is 9.31. The summed E-state index contributed by atoms with van der Waals surface area (Å²) in [6.07, 6.45) is 1.70. The second-order valence-corrected chi connectivity index (χ2v) is 4.00. The van der Waals surface area contributed by atoms with Crippen molar-refractivity contribution < 1.29 is 14.6 Å². The number of aliphatic hydroxyl groups is 1. The molecule has 0 saturated heterocycles. The van der Waals surface area contributed by atoms with Gasteiger partial charge in [-0.15, -0.1) is 0 Å². The lowest BCUT2D eigenvalue weighted by Crippen LogP contribution is -2.24. The Morgan fingerprint density at radius 2 is 2.06 bits per heavy atom. The van der Waals surface area contributed by atoms with Crippen LogP contribution < -0.4 is 0 Å². The summed E-state index contributed by atoms with van der Waals surface area (Å²) in [5, 5.41) is 9.81. The molecule has 0 amide bonds. The van der Waals surface area contributed by atoms with Crippen LogP contribution in [0.1, 0.15) is 24.0 Å². The molecule has 3 nitrogen and oxygen atoms in total. The molecule has 0 spiro atoms. The molecule has 1 aliphatic carbocycles. The Bertz CT molecular complexity index is 448. The average molecular weight is 218 g/mol. The Morgan fingerprint density at radius 3 is 2.75 bits per heavy atom. The second-order valence-electron chi connectivity index (χ2n) is 4.00. The first-order valence-electron chi connectivity index (χ1n) is 5.23. The summed E-state index contributed by atoms with van der Waals surface area (Å²) < 4.78 is 4.80. The molecule has 1 N–H and O–H groups in total. The maximum atomic E-state index is 11.7. The van der Waals surface area contributed by atoms with E-state index >= 15 is 0 Å². The lowest BCUT2D eigenvalue weighted by molar-refractivity contribution is -0.143. The van der Waals surface area contributed by atoms with Gasteiger partial charge < -0.3 is 9.84 Å². The van der Waals surface area contributed by atoms with Crippen LogP contribution in [0.4, 0.5) is 0 Å². The molecule has 2 rings (SSSR count). The van der Waals surface area contributed by atoms with E-state index in [9.17, 15) is 9.90 Å². The second kappa shape index (κ2) is 4.00. The molecule has 3 heteroatoms. The van der Waals surface area contributed by atoms with E-state index in [0.717, 1.165) is 11.1 Å². The van der Waals surface area contributed by atoms with Gasteiger partial charge in [0.2, 0.25) is 0 Å². The smallest absolute Gasteiger partial charge is 0.313 e. The van der Waals surface area contributed by atoms with E-state index < -0.39 is 0 Å². The van der Waals surface area contributed by atoms with Gasteiger partial charge in [0.1, 0.15) is 5.76 Å². The standard InChI is InChI=1S/C13H14O3/c1-8-7-11(14)9-5-3-4-6-10(9)12(8)13(15)16-2/h3-8,12,14H,1-2H3. The molecule has 1 aromatic rings. The van der Waals surface area contributed by atoms with Gasteiger partial charge in [0.15, 0.2) is 0 Å². The van der Waals surface area contributed by atoms with Gasteiger partial charge >= 0.3 is 5.97 Å². The molecular formula is C13H14O3. The van der Waals surface area contributed by atoms with E-state index in [1.165, 1.54) is 7.11 Å². The van der Waals surface area contributed by atoms with Crippen LogP contribution in [-0.2, 0) is 9.53 Å². The normalized spacial score (nSPS) is 23.2. The van der Waals surface area contributed by atoms with Crippen molar-refractivity contribution in [3.8, 4) is 0 Å². The molecule has 16 heavy (non-hydrogen) atoms. The molecule has 1 aromatic carbocycles. The number of carbonyl (C=O) groups excluding carboxylic acids is 1. The number of hydrogen-bond acceptors (Lipinski definition) is 3. The minimum absolute atomic E-state index is 0.0534. The first-order valence-corrected chi connectivity index (χ1v) is 5.23. The van der Waals surface area contributed by atoms with E-state index in [2.05, 4.69) is 0 Å². The number of carbonyl (C=O) groups is 1. The molecule has 0 aliphatic heterocycles. The van der Waals surface area contributed by atoms with E-state index in [1.807, 2.05) is 31.2 Å². The van der Waals surface area contributed by atoms with E-state index in [-0.39, 0.29) is 23.6 Å². The largest absolute Gasteiger partial charge is 0.508 e. The summed E-state index contributed by atoms with van der Waals surface area (Å²) >= 11 is 0. The SMILES string of the molecule is COC(=O)C1c2ccccc2C(O)=CC1C. The van der Waals surface area contributed by atoms with Gasteiger partial charge in [-0.2, -0.15) is 0 Å². The fraction of sp³-hybridized carbons (Fsp3) is 0.308. The van der Waals surface area contributed by atoms with E-state index in [4.69, 9.17) is 4.74 Å². The van der Waals surface area contributed by atoms with Crippen LogP contribution in [0, 0.1) is 5.92 Å². The van der Waals surface area contributed by atoms with Crippen LogP contribution in [0.5, 0.6) is 0 Å². The number of ether oxygens (including phenoxy) is 1. The Labute approximate surface area is 94.4 Å². The van der Waals surface area contributed by atoms with Gasteiger partial charge in [-0.05, 0) is 17.6 Å². The fourth-order valence-electron chi connectivity index (χ4n) is 2.19. The van der Waals surface area contributed by atoms with Crippen molar-refractivity contribution in [2.45, 2.75) is 12.8 Å². The number of aliphatic hydroxyl groups excluding tert-OH is 1. The van der Waals surface area contributed by atoms with Crippen LogP contribution in [-0.4, -0.2) is 18.2 Å². The number of hydrogen-bond donors (Lipinski definition) is 1. The summed E-state index contributed by atoms with van der Waals surface area (Å²) in [6, 6.07) is 7.37. The third kappa shape index (κ3) is 1.58. The number of methoxy groups -OCH3 is 1. The Morgan fingerprint density at radius 1 is 1.38 bits per heavy atom. The third-order valence-corrected chi connectivity index (χ3v) is 2.97. The van der Waals surface area contributed by atoms with Crippen molar-refractivity contribution in [1.29, 1.82) is 0 Å². The van der Waals surface area contributed by atoms with Crippen molar-refractivity contribution >= 4 is 11.7 Å². The molecule has 0 bridgehead atoms. The summed E-state index contributed by atoms with van der Waals surface area (Å²) in [5.74, 6) is -0.397. The van der Waals surface area contributed by atoms with Crippen LogP contribution in [0.2, 0.25) is 0 Å². The molecule has 0 aromatic heterocycles. The topological polar surface area (TPSA) is 46.5 Å². The molecule has 84 valence electrons. The van der Waals surface area contributed by atoms with Crippen molar-refractivity contribution in [1.82, 2.24) is 0 Å². The Balaban J connectivity index is 2.53. The fourth-order valence-corrected chi connectivity index (χ4v) is 2.19. The lowest BCUT2D eigenvalue weighted by atomic mass is 9.79. The first-order chi connectivity index (χ1) is 7.65. The average Bonchev–Trinajstić information content (AvgIpc) is 2.28. The quantitative estimate of drug-likeness (QED) is 0.736. The number of benzene rings is 1. The highest BCUT2D eigenvalue weighted by atomic mass is 16.5. The lowest BCUT2D eigenvalue weighted by Gasteiger charge is -2.26. The van der Waals surface area contributed by atoms with Crippen molar-refractivity contribution in [2.24, 2.45) is 5.92 Å². The number of rotatable bonds is 1. The molecule has 1 aliphatic rings. The van der Waals surface area contributed by atoms with Gasteiger partial charge in [0.05, 0.1) is 13.0 Å². The third-order valence-electron chi connectivity index (χ3n) is 2.97. The predicted octanol–water partition coefficient (Wildman–Crippen LogP) is 2.49. The summed E-state index contributed by atoms with van der Waals surface area (Å²) in [7, 11) is 1.38. The summed E-state index contributed by atoms with van der Waals surface area (Å²) in [5.41, 5.74) is 1.55. The van der Waals surface area contributed by atoms with Gasteiger partial charge in [-0.25, -0.2) is 0 Å². The van der Waals surface area contributed by atoms with E-state index in [1.54, 1.807) is 6.08 Å². The van der Waals surface area contributed by atoms with Gasteiger partial charge in [-0.1, -0.05) is 31.2 Å². The van der Waals surface area contributed by atoms with Crippen molar-refractivity contribution in [2.75, 3.05) is 7.11 Å². The molecule has 2 unspecified atom stereocenters. The summed E-state index contributed by atoms with van der Waals surface area (Å²) in [6.45, 7) is 1.90. The molecule has 2 atom stereocenters. The Kier molecular flexibility index (Phi) is 2.69. The van der Waals surface area contributed by atoms with Crippen LogP contribution in [0.15, 0.2) is 30.3 Å². The number of fused-ring (bicyclic) bond motifs is 1. The Hall–Kier alpha value is -1.77. The summed E-state index contributed by atoms with van der Waals surface area (Å²) in [4.78, 5) is 11.7. The zero-order chi connectivity index (χ0) is 11.7. The van der Waals surface area contributed by atoms with E-state index in [0.29, 0.717) is 0 Å². The van der Waals surface area contributed by atoms with Crippen LogP contribution >= 0.6 is 0 Å². The molecule has 0 fully saturated rings. The number of allylic oxidation sites excluding steroid dienone is 1. The molecular weight excluding hydrogens is 204 g/mol. The predicted molar refractivity (Wildman–Crippen MR) is 61.0 cm³/mol. The minimum Gasteiger partial charge on any atom is -0.508 e. The highest BCUT2D eigenvalue weighted by Gasteiger charge is 2.32. The van der Waals surface area contributed by atoms with Gasteiger partial charge in [-0.3, -0.25) is 4.79 Å². The minimum atomic E-state index is -0.322. The number of esters is 1. The highest BCUT2D eigenvalue weighted by molar-refractivity contribution is 5.83. The monoisotopic (exact) mass is 218 g/mol. The highest BCUT2D eigenvalue weighted by Crippen LogP contribution is 2.37. The maximum Gasteiger partial charge on any atom is 0.313 e. The van der Waals surface area contributed by atoms with Gasteiger partial charge in [0.25, 0.3) is 0 Å². The molecule has 0 heterocycles. The van der Waals surface area contributed by atoms with Gasteiger partial charge in [0, 0.05) is 5.56 Å². The van der Waals surface area contributed by atoms with Crippen LogP contribution in [0.3, 0.4) is 0 Å². The maximum absolute atomic E-state index is 11.7. The van der Waals surface area contributed by atoms with Crippen molar-refractivity contribution in [3.63, 3.8) is 0 Å². The molecule has 0 saturated carbocycles. The first kappa shape index (κ1) is 10.7. The molecule has 0 radical (unpaired) electrons. The van der Waals surface area contributed by atoms with Crippen LogP contribution in [0.25, 0.3) is 5.76 Å². The van der Waals surface area contributed by atoms with Crippen molar-refractivity contribution in [3.05, 3.63) is 41.5 Å². The zero-order valence-corrected chi connectivity index (χ0v) is 9.31.